The molecule has 10 nitrogen and oxygen atoms in total. The minimum absolute atomic E-state index is 0.0148. The van der Waals surface area contributed by atoms with E-state index in [9.17, 15) is 32.9 Å². The lowest BCUT2D eigenvalue weighted by atomic mass is 10.0. The molecule has 1 aliphatic rings. The van der Waals surface area contributed by atoms with Gasteiger partial charge >= 0.3 is 18.0 Å². The summed E-state index contributed by atoms with van der Waals surface area (Å²) in [5, 5.41) is 12.9. The fraction of sp³-hybridized carbons (Fsp3) is 0.385. The van der Waals surface area contributed by atoms with Crippen LogP contribution in [0, 0.1) is 5.82 Å². The van der Waals surface area contributed by atoms with Crippen LogP contribution in [0.25, 0.3) is 0 Å². The SMILES string of the molecule is CC(C(=O)O)c1cccc(NC(=O)NCC(=O)N2[C@@H](c3ccccc3F)S(=O)C[C@H]2C(=O)OC(C)(C)C)c1. The zero-order valence-electron chi connectivity index (χ0n) is 21.4. The number of carbonyl (C=O) groups excluding carboxylic acids is 3. The Kier molecular flexibility index (Phi) is 8.87. The minimum atomic E-state index is -1.82. The highest BCUT2D eigenvalue weighted by molar-refractivity contribution is 7.85. The third-order valence-corrected chi connectivity index (χ3v) is 7.34. The van der Waals surface area contributed by atoms with E-state index in [0.717, 1.165) is 4.90 Å². The van der Waals surface area contributed by atoms with Gasteiger partial charge < -0.3 is 25.4 Å². The zero-order chi connectivity index (χ0) is 28.2. The highest BCUT2D eigenvalue weighted by atomic mass is 32.2. The van der Waals surface area contributed by atoms with E-state index >= 15 is 0 Å². The quantitative estimate of drug-likeness (QED) is 0.452. The number of carbonyl (C=O) groups is 4. The van der Waals surface area contributed by atoms with E-state index in [4.69, 9.17) is 4.74 Å². The number of anilines is 1. The van der Waals surface area contributed by atoms with Gasteiger partial charge in [-0.25, -0.2) is 14.0 Å². The Hall–Kier alpha value is -3.80. The maximum Gasteiger partial charge on any atom is 0.330 e. The number of amides is 3. The largest absolute Gasteiger partial charge is 0.481 e. The fourth-order valence-corrected chi connectivity index (χ4v) is 5.67. The molecule has 0 aliphatic carbocycles. The third-order valence-electron chi connectivity index (χ3n) is 5.71. The number of hydrogen-bond donors (Lipinski definition) is 3. The number of aliphatic carboxylic acids is 1. The van der Waals surface area contributed by atoms with Gasteiger partial charge in [-0.3, -0.25) is 13.8 Å². The number of carboxylic acid groups (broad SMARTS) is 1. The van der Waals surface area contributed by atoms with Crippen LogP contribution in [-0.2, 0) is 29.9 Å². The first-order valence-corrected chi connectivity index (χ1v) is 13.2. The molecule has 0 radical (unpaired) electrons. The Labute approximate surface area is 222 Å². The van der Waals surface area contributed by atoms with Gasteiger partial charge in [0, 0.05) is 11.3 Å². The first-order chi connectivity index (χ1) is 17.8. The van der Waals surface area contributed by atoms with Crippen molar-refractivity contribution in [3.63, 3.8) is 0 Å². The molecular formula is C26H30FN3O7S. The average molecular weight is 548 g/mol. The first-order valence-electron chi connectivity index (χ1n) is 11.8. The van der Waals surface area contributed by atoms with Gasteiger partial charge in [-0.1, -0.05) is 30.3 Å². The molecular weight excluding hydrogens is 517 g/mol. The summed E-state index contributed by atoms with van der Waals surface area (Å²) < 4.78 is 33.1. The lowest BCUT2D eigenvalue weighted by molar-refractivity contribution is -0.163. The van der Waals surface area contributed by atoms with Crippen LogP contribution in [0.2, 0.25) is 0 Å². The van der Waals surface area contributed by atoms with E-state index in [1.54, 1.807) is 39.0 Å². The van der Waals surface area contributed by atoms with Gasteiger partial charge in [0.05, 0.1) is 29.0 Å². The van der Waals surface area contributed by atoms with Crippen molar-refractivity contribution >= 4 is 40.4 Å². The highest BCUT2D eigenvalue weighted by Gasteiger charge is 2.48. The molecule has 2 aromatic rings. The molecule has 0 aromatic heterocycles. The van der Waals surface area contributed by atoms with E-state index in [2.05, 4.69) is 10.6 Å². The Morgan fingerprint density at radius 2 is 1.84 bits per heavy atom. The van der Waals surface area contributed by atoms with E-state index in [-0.39, 0.29) is 11.3 Å². The van der Waals surface area contributed by atoms with Gasteiger partial charge in [-0.15, -0.1) is 0 Å². The van der Waals surface area contributed by atoms with E-state index < -0.39 is 70.0 Å². The normalized spacial score (nSPS) is 19.9. The summed E-state index contributed by atoms with van der Waals surface area (Å²) in [5.41, 5.74) is -0.120. The van der Waals surface area contributed by atoms with Crippen LogP contribution in [0.15, 0.2) is 48.5 Å². The number of carboxylic acids is 1. The molecule has 1 fully saturated rings. The summed E-state index contributed by atoms with van der Waals surface area (Å²) >= 11 is 0. The third kappa shape index (κ3) is 6.94. The number of benzene rings is 2. The second-order valence-corrected chi connectivity index (χ2v) is 11.3. The standard InChI is InChI=1S/C26H30FN3O7S/c1-15(23(32)33)16-8-7-9-17(12-16)29-25(35)28-13-21(31)30-20(24(34)37-26(2,3)4)14-38(36)22(30)18-10-5-6-11-19(18)27/h5-12,15,20,22H,13-14H2,1-4H3,(H,32,33)(H2,28,29,35)/t15?,20-,22+,38?/m0/s1. The van der Waals surface area contributed by atoms with Crippen LogP contribution in [0.3, 0.4) is 0 Å². The predicted molar refractivity (Wildman–Crippen MR) is 138 cm³/mol. The number of rotatable bonds is 7. The van der Waals surface area contributed by atoms with Crippen molar-refractivity contribution in [2.45, 2.75) is 50.6 Å². The predicted octanol–water partition coefficient (Wildman–Crippen LogP) is 3.14. The number of hydrogen-bond acceptors (Lipinski definition) is 6. The van der Waals surface area contributed by atoms with Crippen molar-refractivity contribution in [1.29, 1.82) is 0 Å². The highest BCUT2D eigenvalue weighted by Crippen LogP contribution is 2.36. The Morgan fingerprint density at radius 3 is 2.47 bits per heavy atom. The van der Waals surface area contributed by atoms with E-state index in [0.29, 0.717) is 11.3 Å². The summed E-state index contributed by atoms with van der Waals surface area (Å²) in [6.07, 6.45) is 0. The number of esters is 1. The molecule has 1 saturated heterocycles. The minimum Gasteiger partial charge on any atom is -0.481 e. The monoisotopic (exact) mass is 547 g/mol. The summed E-state index contributed by atoms with van der Waals surface area (Å²) in [6, 6.07) is 9.77. The Morgan fingerprint density at radius 1 is 1.16 bits per heavy atom. The fourth-order valence-electron chi connectivity index (χ4n) is 3.89. The van der Waals surface area contributed by atoms with E-state index in [1.165, 1.54) is 37.3 Å². The molecule has 1 heterocycles. The van der Waals surface area contributed by atoms with Crippen molar-refractivity contribution in [3.05, 3.63) is 65.5 Å². The molecule has 2 aromatic carbocycles. The Balaban J connectivity index is 1.78. The molecule has 4 atom stereocenters. The van der Waals surface area contributed by atoms with Crippen LogP contribution in [0.4, 0.5) is 14.9 Å². The molecule has 3 N–H and O–H groups in total. The van der Waals surface area contributed by atoms with E-state index in [1.807, 2.05) is 0 Å². The molecule has 1 aliphatic heterocycles. The average Bonchev–Trinajstić information content (AvgIpc) is 3.18. The van der Waals surface area contributed by atoms with Crippen molar-refractivity contribution < 1.29 is 37.6 Å². The van der Waals surface area contributed by atoms with Gasteiger partial charge in [-0.2, -0.15) is 0 Å². The molecule has 0 spiro atoms. The summed E-state index contributed by atoms with van der Waals surface area (Å²) in [4.78, 5) is 51.0. The summed E-state index contributed by atoms with van der Waals surface area (Å²) in [5.74, 6) is -4.30. The number of halogens is 1. The maximum atomic E-state index is 14.6. The van der Waals surface area contributed by atoms with Gasteiger partial charge in [0.2, 0.25) is 5.91 Å². The van der Waals surface area contributed by atoms with Gasteiger partial charge in [0.15, 0.2) is 0 Å². The van der Waals surface area contributed by atoms with Crippen molar-refractivity contribution in [1.82, 2.24) is 10.2 Å². The lowest BCUT2D eigenvalue weighted by Gasteiger charge is -2.30. The number of nitrogens with zero attached hydrogens (tertiary/aromatic N) is 1. The first kappa shape index (κ1) is 28.8. The second kappa shape index (κ2) is 11.7. The molecule has 0 saturated carbocycles. The summed E-state index contributed by atoms with van der Waals surface area (Å²) in [7, 11) is -1.82. The molecule has 12 heteroatoms. The van der Waals surface area contributed by atoms with Crippen molar-refractivity contribution in [2.75, 3.05) is 17.6 Å². The molecule has 204 valence electrons. The maximum absolute atomic E-state index is 14.6. The number of nitrogens with one attached hydrogen (secondary N) is 2. The van der Waals surface area contributed by atoms with Crippen LogP contribution in [-0.4, -0.2) is 62.0 Å². The van der Waals surface area contributed by atoms with Gasteiger partial charge in [-0.05, 0) is 51.5 Å². The second-order valence-electron chi connectivity index (χ2n) is 9.76. The lowest BCUT2D eigenvalue weighted by Crippen LogP contribution is -2.49. The van der Waals surface area contributed by atoms with Crippen LogP contribution in [0.1, 0.15) is 50.1 Å². The van der Waals surface area contributed by atoms with Crippen LogP contribution in [0.5, 0.6) is 0 Å². The zero-order valence-corrected chi connectivity index (χ0v) is 22.2. The molecule has 38 heavy (non-hydrogen) atoms. The van der Waals surface area contributed by atoms with Crippen LogP contribution >= 0.6 is 0 Å². The van der Waals surface area contributed by atoms with Gasteiger partial charge in [0.25, 0.3) is 0 Å². The van der Waals surface area contributed by atoms with Crippen molar-refractivity contribution in [2.24, 2.45) is 0 Å². The Bertz CT molecular complexity index is 1260. The number of ether oxygens (including phenoxy) is 1. The molecule has 3 amide bonds. The molecule has 2 unspecified atom stereocenters. The summed E-state index contributed by atoms with van der Waals surface area (Å²) in [6.45, 7) is 5.87. The number of urea groups is 1. The van der Waals surface area contributed by atoms with Gasteiger partial charge in [0.1, 0.15) is 22.8 Å². The smallest absolute Gasteiger partial charge is 0.330 e. The van der Waals surface area contributed by atoms with Crippen LogP contribution < -0.4 is 10.6 Å². The van der Waals surface area contributed by atoms with Crippen molar-refractivity contribution in [3.8, 4) is 0 Å². The topological polar surface area (TPSA) is 142 Å². The molecule has 3 rings (SSSR count). The molecule has 0 bridgehead atoms.